The first-order valence-corrected chi connectivity index (χ1v) is 8.27. The van der Waals surface area contributed by atoms with Crippen LogP contribution < -0.4 is 15.7 Å². The highest BCUT2D eigenvalue weighted by molar-refractivity contribution is 6.03. The molecule has 0 aliphatic heterocycles. The number of nitrogens with one attached hydrogen (secondary N) is 2. The molecule has 0 spiro atoms. The minimum Gasteiger partial charge on any atom is -0.550 e. The second kappa shape index (κ2) is 7.95. The van der Waals surface area contributed by atoms with Crippen LogP contribution in [-0.4, -0.2) is 24.8 Å². The van der Waals surface area contributed by atoms with Gasteiger partial charge in [-0.1, -0.05) is 31.4 Å². The van der Waals surface area contributed by atoms with E-state index in [2.05, 4.69) is 10.6 Å². The van der Waals surface area contributed by atoms with Gasteiger partial charge in [0.25, 0.3) is 5.91 Å². The Labute approximate surface area is 141 Å². The van der Waals surface area contributed by atoms with Crippen molar-refractivity contribution < 1.29 is 19.5 Å². The lowest BCUT2D eigenvalue weighted by Crippen LogP contribution is -2.37. The zero-order chi connectivity index (χ0) is 17.6. The number of carboxylic acid groups (broad SMARTS) is 1. The second-order valence-electron chi connectivity index (χ2n) is 6.46. The summed E-state index contributed by atoms with van der Waals surface area (Å²) in [5.74, 6) is -1.67. The van der Waals surface area contributed by atoms with Crippen molar-refractivity contribution in [3.8, 4) is 0 Å². The van der Waals surface area contributed by atoms with E-state index in [1.54, 1.807) is 24.3 Å². The molecule has 0 aromatic heterocycles. The zero-order valence-electron chi connectivity index (χ0n) is 13.9. The monoisotopic (exact) mass is 331 g/mol. The topological polar surface area (TPSA) is 98.3 Å². The number of para-hydroxylation sites is 1. The molecule has 0 bridgehead atoms. The molecular formula is C18H23N2O4-. The predicted molar refractivity (Wildman–Crippen MR) is 88.2 cm³/mol. The summed E-state index contributed by atoms with van der Waals surface area (Å²) in [6.07, 6.45) is 4.37. The van der Waals surface area contributed by atoms with Gasteiger partial charge in [-0.05, 0) is 36.8 Å². The van der Waals surface area contributed by atoms with E-state index in [1.807, 2.05) is 0 Å². The van der Waals surface area contributed by atoms with Crippen molar-refractivity contribution in [1.82, 2.24) is 5.32 Å². The van der Waals surface area contributed by atoms with Crippen molar-refractivity contribution in [2.75, 3.05) is 12.4 Å². The van der Waals surface area contributed by atoms with Crippen LogP contribution in [0.25, 0.3) is 0 Å². The zero-order valence-corrected chi connectivity index (χ0v) is 13.9. The van der Waals surface area contributed by atoms with Crippen molar-refractivity contribution in [3.05, 3.63) is 29.8 Å². The Kier molecular flexibility index (Phi) is 5.95. The van der Waals surface area contributed by atoms with Crippen LogP contribution in [0.3, 0.4) is 0 Å². The molecule has 0 unspecified atom stereocenters. The van der Waals surface area contributed by atoms with Gasteiger partial charge in [-0.3, -0.25) is 9.59 Å². The van der Waals surface area contributed by atoms with Crippen LogP contribution >= 0.6 is 0 Å². The number of aliphatic carboxylic acids is 1. The summed E-state index contributed by atoms with van der Waals surface area (Å²) >= 11 is 0. The summed E-state index contributed by atoms with van der Waals surface area (Å²) in [7, 11) is 1.53. The molecule has 130 valence electrons. The normalized spacial score (nSPS) is 16.2. The van der Waals surface area contributed by atoms with Gasteiger partial charge in [0.2, 0.25) is 5.91 Å². The molecule has 2 rings (SSSR count). The molecule has 0 radical (unpaired) electrons. The molecule has 1 fully saturated rings. The number of anilines is 1. The molecule has 1 aliphatic carbocycles. The molecule has 2 N–H and O–H groups in total. The van der Waals surface area contributed by atoms with E-state index in [0.717, 1.165) is 19.3 Å². The Morgan fingerprint density at radius 1 is 1.08 bits per heavy atom. The van der Waals surface area contributed by atoms with Gasteiger partial charge in [-0.15, -0.1) is 0 Å². The molecule has 1 aromatic carbocycles. The van der Waals surface area contributed by atoms with E-state index in [0.29, 0.717) is 24.1 Å². The van der Waals surface area contributed by atoms with E-state index >= 15 is 0 Å². The van der Waals surface area contributed by atoms with Gasteiger partial charge in [0, 0.05) is 19.4 Å². The van der Waals surface area contributed by atoms with Crippen molar-refractivity contribution in [2.45, 2.75) is 44.9 Å². The Morgan fingerprint density at radius 2 is 1.75 bits per heavy atom. The Bertz CT molecular complexity index is 621. The first-order chi connectivity index (χ1) is 11.5. The lowest BCUT2D eigenvalue weighted by Gasteiger charge is -2.37. The summed E-state index contributed by atoms with van der Waals surface area (Å²) in [6, 6.07) is 6.75. The molecular weight excluding hydrogens is 308 g/mol. The van der Waals surface area contributed by atoms with Crippen LogP contribution in [0.2, 0.25) is 0 Å². The van der Waals surface area contributed by atoms with Crippen LogP contribution in [0.1, 0.15) is 55.3 Å². The van der Waals surface area contributed by atoms with E-state index in [9.17, 15) is 19.5 Å². The molecule has 24 heavy (non-hydrogen) atoms. The first-order valence-electron chi connectivity index (χ1n) is 8.27. The molecule has 1 aliphatic rings. The maximum atomic E-state index is 12.5. The number of carboxylic acids is 1. The number of amides is 2. The van der Waals surface area contributed by atoms with Gasteiger partial charge in [-0.2, -0.15) is 0 Å². The average molecular weight is 331 g/mol. The molecule has 1 aromatic rings. The highest BCUT2D eigenvalue weighted by atomic mass is 16.4. The van der Waals surface area contributed by atoms with Crippen LogP contribution in [0.4, 0.5) is 5.69 Å². The third kappa shape index (κ3) is 4.57. The lowest BCUT2D eigenvalue weighted by molar-refractivity contribution is -0.308. The number of carbonyl (C=O) groups excluding carboxylic acids is 3. The Hall–Kier alpha value is -2.37. The largest absolute Gasteiger partial charge is 0.550 e. The molecule has 0 atom stereocenters. The third-order valence-electron chi connectivity index (χ3n) is 4.64. The molecule has 1 saturated carbocycles. The van der Waals surface area contributed by atoms with E-state index in [4.69, 9.17) is 0 Å². The summed E-state index contributed by atoms with van der Waals surface area (Å²) in [6.45, 7) is 0. The highest BCUT2D eigenvalue weighted by Crippen LogP contribution is 2.42. The van der Waals surface area contributed by atoms with Gasteiger partial charge in [0.1, 0.15) is 0 Å². The van der Waals surface area contributed by atoms with Gasteiger partial charge in [-0.25, -0.2) is 0 Å². The fourth-order valence-electron chi connectivity index (χ4n) is 3.48. The number of carbonyl (C=O) groups is 3. The maximum absolute atomic E-state index is 12.5. The number of rotatable bonds is 6. The van der Waals surface area contributed by atoms with E-state index in [-0.39, 0.29) is 24.7 Å². The SMILES string of the molecule is CNC(=O)c1ccccc1NC(=O)CC1(CC(=O)[O-])CCCCC1. The van der Waals surface area contributed by atoms with Crippen molar-refractivity contribution in [3.63, 3.8) is 0 Å². The van der Waals surface area contributed by atoms with Crippen LogP contribution in [0.5, 0.6) is 0 Å². The average Bonchev–Trinajstić information content (AvgIpc) is 2.54. The van der Waals surface area contributed by atoms with Crippen LogP contribution in [0.15, 0.2) is 24.3 Å². The third-order valence-corrected chi connectivity index (χ3v) is 4.64. The van der Waals surface area contributed by atoms with Crippen molar-refractivity contribution in [1.29, 1.82) is 0 Å². The van der Waals surface area contributed by atoms with Gasteiger partial charge < -0.3 is 20.5 Å². The Balaban J connectivity index is 2.11. The summed E-state index contributed by atoms with van der Waals surface area (Å²) in [4.78, 5) is 35.4. The van der Waals surface area contributed by atoms with Crippen molar-refractivity contribution in [2.24, 2.45) is 5.41 Å². The molecule has 0 heterocycles. The summed E-state index contributed by atoms with van der Waals surface area (Å²) in [5, 5.41) is 16.4. The maximum Gasteiger partial charge on any atom is 0.253 e. The fourth-order valence-corrected chi connectivity index (χ4v) is 3.48. The molecule has 2 amide bonds. The van der Waals surface area contributed by atoms with Gasteiger partial charge in [0.15, 0.2) is 0 Å². The number of hydrogen-bond donors (Lipinski definition) is 2. The summed E-state index contributed by atoms with van der Waals surface area (Å²) < 4.78 is 0. The summed E-state index contributed by atoms with van der Waals surface area (Å²) in [5.41, 5.74) is 0.274. The quantitative estimate of drug-likeness (QED) is 0.824. The minimum absolute atomic E-state index is 0.0997. The van der Waals surface area contributed by atoms with Gasteiger partial charge in [0.05, 0.1) is 11.3 Å². The van der Waals surface area contributed by atoms with Crippen LogP contribution in [-0.2, 0) is 9.59 Å². The Morgan fingerprint density at radius 3 is 2.38 bits per heavy atom. The fraction of sp³-hybridized carbons (Fsp3) is 0.500. The molecule has 6 heteroatoms. The standard InChI is InChI=1S/C18H24N2O4/c1-19-17(24)13-7-3-4-8-14(13)20-15(21)11-18(12-16(22)23)9-5-2-6-10-18/h3-4,7-8H,2,5-6,9-12H2,1H3,(H,19,24)(H,20,21)(H,22,23)/p-1. The highest BCUT2D eigenvalue weighted by Gasteiger charge is 2.34. The number of hydrogen-bond acceptors (Lipinski definition) is 4. The van der Waals surface area contributed by atoms with Gasteiger partial charge >= 0.3 is 0 Å². The van der Waals surface area contributed by atoms with Crippen LogP contribution in [0, 0.1) is 5.41 Å². The minimum atomic E-state index is -1.12. The smallest absolute Gasteiger partial charge is 0.253 e. The first kappa shape index (κ1) is 18.0. The van der Waals surface area contributed by atoms with E-state index < -0.39 is 11.4 Å². The van der Waals surface area contributed by atoms with E-state index in [1.165, 1.54) is 7.05 Å². The molecule has 6 nitrogen and oxygen atoms in total. The molecule has 0 saturated heterocycles. The second-order valence-corrected chi connectivity index (χ2v) is 6.46. The predicted octanol–water partition coefficient (Wildman–Crippen LogP) is 1.47. The lowest BCUT2D eigenvalue weighted by atomic mass is 9.69. The van der Waals surface area contributed by atoms with Crippen molar-refractivity contribution >= 4 is 23.5 Å². The number of benzene rings is 1.